The van der Waals surface area contributed by atoms with Gasteiger partial charge < -0.3 is 30.9 Å². The zero-order valence-electron chi connectivity index (χ0n) is 8.46. The number of hydrogen-bond donors (Lipinski definition) is 7. The topological polar surface area (TPSA) is 183 Å². The van der Waals surface area contributed by atoms with Crippen LogP contribution < -0.4 is 10.5 Å². The van der Waals surface area contributed by atoms with Gasteiger partial charge in [-0.3, -0.25) is 4.55 Å². The molecule has 5 atom stereocenters. The lowest BCUT2D eigenvalue weighted by Crippen LogP contribution is -2.77. The van der Waals surface area contributed by atoms with E-state index in [4.69, 9.17) is 15.4 Å². The summed E-state index contributed by atoms with van der Waals surface area (Å²) in [6.07, 6.45) is -7.15. The molecule has 17 heavy (non-hydrogen) atoms. The van der Waals surface area contributed by atoms with E-state index < -0.39 is 47.2 Å². The number of hydrogen-bond acceptors (Lipinski definition) is 8. The van der Waals surface area contributed by atoms with Crippen molar-refractivity contribution in [1.82, 2.24) is 4.72 Å². The molecule has 1 rings (SSSR count). The molecule has 1 aliphatic rings. The average Bonchev–Trinajstić information content (AvgIpc) is 2.19. The van der Waals surface area contributed by atoms with Gasteiger partial charge in [-0.05, 0) is 0 Å². The third kappa shape index (κ3) is 2.90. The molecular weight excluding hydrogens is 260 g/mol. The first-order valence-corrected chi connectivity index (χ1v) is 5.91. The highest BCUT2D eigenvalue weighted by Crippen LogP contribution is 2.25. The van der Waals surface area contributed by atoms with Gasteiger partial charge in [-0.1, -0.05) is 0 Å². The van der Waals surface area contributed by atoms with Crippen LogP contribution in [-0.4, -0.2) is 70.3 Å². The maximum Gasteiger partial charge on any atom is 0.335 e. The number of nitrogens with two attached hydrogens (primary N) is 1. The Kier molecular flexibility index (Phi) is 4.08. The maximum atomic E-state index is 10.6. The first-order valence-electron chi connectivity index (χ1n) is 4.47. The largest absolute Gasteiger partial charge is 0.394 e. The van der Waals surface area contributed by atoms with Gasteiger partial charge >= 0.3 is 10.3 Å². The summed E-state index contributed by atoms with van der Waals surface area (Å²) in [6, 6.07) is 0. The van der Waals surface area contributed by atoms with Gasteiger partial charge in [0.05, 0.1) is 6.61 Å². The molecule has 10 nitrogen and oxygen atoms in total. The van der Waals surface area contributed by atoms with Crippen LogP contribution in [0.4, 0.5) is 0 Å². The van der Waals surface area contributed by atoms with Gasteiger partial charge in [-0.2, -0.15) is 13.1 Å². The zero-order chi connectivity index (χ0) is 13.4. The van der Waals surface area contributed by atoms with E-state index in [2.05, 4.69) is 4.74 Å². The normalized spacial score (nSPS) is 43.6. The van der Waals surface area contributed by atoms with Gasteiger partial charge in [0.2, 0.25) is 0 Å². The molecule has 0 spiro atoms. The minimum Gasteiger partial charge on any atom is -0.394 e. The van der Waals surface area contributed by atoms with Crippen molar-refractivity contribution in [3.63, 3.8) is 0 Å². The van der Waals surface area contributed by atoms with E-state index >= 15 is 0 Å². The molecule has 1 unspecified atom stereocenters. The molecule has 0 aromatic carbocycles. The first kappa shape index (κ1) is 14.7. The first-order chi connectivity index (χ1) is 7.62. The molecule has 0 aromatic rings. The fourth-order valence-corrected chi connectivity index (χ4v) is 2.14. The van der Waals surface area contributed by atoms with Crippen LogP contribution in [0.1, 0.15) is 0 Å². The second-order valence-corrected chi connectivity index (χ2v) is 4.81. The lowest BCUT2D eigenvalue weighted by molar-refractivity contribution is -0.280. The van der Waals surface area contributed by atoms with Crippen LogP contribution in [0.3, 0.4) is 0 Å². The van der Waals surface area contributed by atoms with Crippen molar-refractivity contribution in [2.24, 2.45) is 5.73 Å². The predicted molar refractivity (Wildman–Crippen MR) is 51.6 cm³/mol. The van der Waals surface area contributed by atoms with Crippen molar-refractivity contribution in [2.75, 3.05) is 6.61 Å². The summed E-state index contributed by atoms with van der Waals surface area (Å²) < 4.78 is 35.7. The number of aliphatic hydroxyl groups excluding tert-OH is 4. The predicted octanol–water partition coefficient (Wildman–Crippen LogP) is -4.53. The molecule has 0 amide bonds. The second-order valence-electron chi connectivity index (χ2n) is 3.66. The number of aliphatic hydroxyl groups is 4. The van der Waals surface area contributed by atoms with Gasteiger partial charge in [-0.25, -0.2) is 0 Å². The SMILES string of the molecule is N[C@@]1(NS(=O)(=O)O)C(O)O[C@H](CO)[C@@H](O)[C@@H]1O. The lowest BCUT2D eigenvalue weighted by atomic mass is 9.92. The third-order valence-corrected chi connectivity index (χ3v) is 3.00. The van der Waals surface area contributed by atoms with E-state index in [1.165, 1.54) is 4.72 Å². The molecule has 1 fully saturated rings. The molecule has 11 heteroatoms. The van der Waals surface area contributed by atoms with Crippen LogP contribution >= 0.6 is 0 Å². The summed E-state index contributed by atoms with van der Waals surface area (Å²) in [5, 5.41) is 37.2. The third-order valence-electron chi connectivity index (χ3n) is 2.39. The molecule has 0 saturated carbocycles. The van der Waals surface area contributed by atoms with Crippen molar-refractivity contribution in [3.8, 4) is 0 Å². The summed E-state index contributed by atoms with van der Waals surface area (Å²) in [4.78, 5) is 0. The highest BCUT2D eigenvalue weighted by Gasteiger charge is 2.54. The molecule has 102 valence electrons. The molecule has 1 heterocycles. The number of rotatable bonds is 3. The fraction of sp³-hybridized carbons (Fsp3) is 1.00. The smallest absolute Gasteiger partial charge is 0.335 e. The molecule has 8 N–H and O–H groups in total. The van der Waals surface area contributed by atoms with E-state index in [0.29, 0.717) is 0 Å². The Bertz CT molecular complexity index is 374. The Balaban J connectivity index is 3.00. The quantitative estimate of drug-likeness (QED) is 0.197. The lowest BCUT2D eigenvalue weighted by Gasteiger charge is -2.46. The average molecular weight is 274 g/mol. The molecule has 1 aliphatic heterocycles. The van der Waals surface area contributed by atoms with Crippen LogP contribution in [0.5, 0.6) is 0 Å². The van der Waals surface area contributed by atoms with Gasteiger partial charge in [0.25, 0.3) is 0 Å². The molecule has 0 radical (unpaired) electrons. The van der Waals surface area contributed by atoms with Crippen molar-refractivity contribution < 1.29 is 38.1 Å². The summed E-state index contributed by atoms with van der Waals surface area (Å²) in [5.74, 6) is 0. The maximum absolute atomic E-state index is 10.6. The van der Waals surface area contributed by atoms with Crippen LogP contribution in [0, 0.1) is 0 Å². The van der Waals surface area contributed by atoms with Crippen molar-refractivity contribution in [3.05, 3.63) is 0 Å². The van der Waals surface area contributed by atoms with Crippen LogP contribution in [-0.2, 0) is 15.0 Å². The van der Waals surface area contributed by atoms with Crippen LogP contribution in [0.25, 0.3) is 0 Å². The summed E-state index contributed by atoms with van der Waals surface area (Å²) >= 11 is 0. The Hall–Kier alpha value is -0.370. The molecule has 0 aromatic heterocycles. The van der Waals surface area contributed by atoms with E-state index in [0.717, 1.165) is 0 Å². The summed E-state index contributed by atoms with van der Waals surface area (Å²) in [5.41, 5.74) is 2.79. The highest BCUT2D eigenvalue weighted by atomic mass is 32.2. The Morgan fingerprint density at radius 3 is 2.29 bits per heavy atom. The van der Waals surface area contributed by atoms with Crippen molar-refractivity contribution >= 4 is 10.3 Å². The summed E-state index contributed by atoms with van der Waals surface area (Å²) in [7, 11) is -4.84. The molecule has 0 bridgehead atoms. The van der Waals surface area contributed by atoms with Crippen LogP contribution in [0.2, 0.25) is 0 Å². The molecule has 0 aliphatic carbocycles. The Labute approximate surface area is 96.5 Å². The van der Waals surface area contributed by atoms with E-state index in [1.54, 1.807) is 0 Å². The Morgan fingerprint density at radius 1 is 1.35 bits per heavy atom. The van der Waals surface area contributed by atoms with Crippen molar-refractivity contribution in [1.29, 1.82) is 0 Å². The van der Waals surface area contributed by atoms with Crippen molar-refractivity contribution in [2.45, 2.75) is 30.3 Å². The molecular formula is C6H14N2O8S. The number of ether oxygens (including phenoxy) is 1. The Morgan fingerprint density at radius 2 is 1.88 bits per heavy atom. The zero-order valence-corrected chi connectivity index (χ0v) is 9.28. The van der Waals surface area contributed by atoms with Gasteiger partial charge in [0.15, 0.2) is 12.0 Å². The minimum absolute atomic E-state index is 0.725. The second kappa shape index (κ2) is 4.72. The summed E-state index contributed by atoms with van der Waals surface area (Å²) in [6.45, 7) is -0.725. The van der Waals surface area contributed by atoms with Crippen LogP contribution in [0.15, 0.2) is 0 Å². The van der Waals surface area contributed by atoms with Gasteiger partial charge in [-0.15, -0.1) is 0 Å². The van der Waals surface area contributed by atoms with E-state index in [1.807, 2.05) is 0 Å². The standard InChI is InChI=1S/C6H14N2O8S/c7-6(8-17(13,14)15)4(11)3(10)2(1-9)16-5(6)12/h2-5,8-12H,1,7H2,(H,13,14,15)/t2-,3-,4+,5?,6+/m1/s1. The minimum atomic E-state index is -4.84. The van der Waals surface area contributed by atoms with E-state index in [-0.39, 0.29) is 0 Å². The van der Waals surface area contributed by atoms with E-state index in [9.17, 15) is 23.7 Å². The fourth-order valence-electron chi connectivity index (χ4n) is 1.48. The monoisotopic (exact) mass is 274 g/mol. The highest BCUT2D eigenvalue weighted by molar-refractivity contribution is 7.83. The van der Waals surface area contributed by atoms with Gasteiger partial charge in [0.1, 0.15) is 18.3 Å². The molecule has 1 saturated heterocycles. The van der Waals surface area contributed by atoms with Gasteiger partial charge in [0, 0.05) is 0 Å². The number of nitrogens with one attached hydrogen (secondary N) is 1.